The van der Waals surface area contributed by atoms with Crippen LogP contribution >= 0.6 is 0 Å². The van der Waals surface area contributed by atoms with Crippen molar-refractivity contribution in [3.8, 4) is 17.2 Å². The molecule has 0 aromatic heterocycles. The van der Waals surface area contributed by atoms with Crippen LogP contribution in [0.15, 0.2) is 18.2 Å². The number of hydrogen-bond acceptors (Lipinski definition) is 11. The van der Waals surface area contributed by atoms with Crippen molar-refractivity contribution < 1.29 is 58.8 Å². The van der Waals surface area contributed by atoms with E-state index < -0.39 is 67.7 Å². The van der Waals surface area contributed by atoms with Gasteiger partial charge in [-0.15, -0.1) is 0 Å². The lowest BCUT2D eigenvalue weighted by molar-refractivity contribution is -0.278. The fourth-order valence-electron chi connectivity index (χ4n) is 3.10. The summed E-state index contributed by atoms with van der Waals surface area (Å²) in [6.07, 6.45) is -8.88. The van der Waals surface area contributed by atoms with E-state index in [1.165, 1.54) is 33.3 Å². The zero-order valence-electron chi connectivity index (χ0n) is 17.8. The Balaban J connectivity index is 2.02. The van der Waals surface area contributed by atoms with E-state index in [4.69, 9.17) is 28.8 Å². The molecule has 5 N–H and O–H groups in total. The van der Waals surface area contributed by atoms with Gasteiger partial charge in [-0.25, -0.2) is 0 Å². The molecule has 32 heavy (non-hydrogen) atoms. The quantitative estimate of drug-likeness (QED) is 0.270. The van der Waals surface area contributed by atoms with Gasteiger partial charge >= 0.3 is 11.9 Å². The van der Waals surface area contributed by atoms with Crippen molar-refractivity contribution in [2.24, 2.45) is 0 Å². The van der Waals surface area contributed by atoms with Crippen LogP contribution in [0, 0.1) is 0 Å². The summed E-state index contributed by atoms with van der Waals surface area (Å²) in [5.41, 5.74) is -1.83. The molecular formula is C20H28O12. The number of carbonyl (C=O) groups excluding carboxylic acids is 1. The Morgan fingerprint density at radius 3 is 2.28 bits per heavy atom. The number of carboxylic acid groups (broad SMARTS) is 1. The zero-order valence-corrected chi connectivity index (χ0v) is 17.8. The van der Waals surface area contributed by atoms with E-state index in [0.717, 1.165) is 0 Å². The van der Waals surface area contributed by atoms with Gasteiger partial charge in [-0.1, -0.05) is 0 Å². The molecule has 2 rings (SSSR count). The van der Waals surface area contributed by atoms with Crippen LogP contribution in [-0.2, 0) is 19.1 Å². The van der Waals surface area contributed by atoms with E-state index in [9.17, 15) is 30.0 Å². The summed E-state index contributed by atoms with van der Waals surface area (Å²) >= 11 is 0. The van der Waals surface area contributed by atoms with E-state index in [0.29, 0.717) is 11.5 Å². The summed E-state index contributed by atoms with van der Waals surface area (Å²) in [7, 11) is 2.88. The molecule has 0 bridgehead atoms. The van der Waals surface area contributed by atoms with Gasteiger partial charge in [-0.2, -0.15) is 0 Å². The summed E-state index contributed by atoms with van der Waals surface area (Å²) in [6, 6.07) is 4.53. The Kier molecular flexibility index (Phi) is 8.64. The lowest BCUT2D eigenvalue weighted by Crippen LogP contribution is -2.60. The molecule has 1 fully saturated rings. The second kappa shape index (κ2) is 10.8. The van der Waals surface area contributed by atoms with Crippen molar-refractivity contribution in [2.75, 3.05) is 20.8 Å². The number of carboxylic acids is 1. The molecule has 1 heterocycles. The first-order chi connectivity index (χ1) is 15.0. The third kappa shape index (κ3) is 6.68. The van der Waals surface area contributed by atoms with Gasteiger partial charge < -0.3 is 49.2 Å². The minimum absolute atomic E-state index is 0.204. The number of aliphatic hydroxyl groups excluding tert-OH is 3. The van der Waals surface area contributed by atoms with Crippen LogP contribution in [-0.4, -0.2) is 94.6 Å². The standard InChI is InChI=1S/C20H28O12/c1-20(27,7-14(21)22)8-15(23)30-9-13-16(24)17(25)18(26)19(32-13)31-10-4-5-11(28-2)12(6-10)29-3/h4-6,13,16-19,24-27H,7-9H2,1-3H3,(H,21,22). The molecule has 1 aromatic rings. The van der Waals surface area contributed by atoms with Crippen LogP contribution in [0.3, 0.4) is 0 Å². The van der Waals surface area contributed by atoms with Gasteiger partial charge in [0.05, 0.1) is 32.7 Å². The van der Waals surface area contributed by atoms with E-state index in [1.807, 2.05) is 0 Å². The average molecular weight is 460 g/mol. The average Bonchev–Trinajstić information content (AvgIpc) is 2.71. The summed E-state index contributed by atoms with van der Waals surface area (Å²) in [4.78, 5) is 22.7. The van der Waals surface area contributed by atoms with Crippen molar-refractivity contribution in [3.63, 3.8) is 0 Å². The second-order valence-corrected chi connectivity index (χ2v) is 7.58. The Hall–Kier alpha value is -2.64. The van der Waals surface area contributed by atoms with E-state index in [1.54, 1.807) is 6.07 Å². The van der Waals surface area contributed by atoms with Crippen LogP contribution in [0.4, 0.5) is 0 Å². The zero-order chi connectivity index (χ0) is 24.1. The molecule has 0 amide bonds. The van der Waals surface area contributed by atoms with Crippen LogP contribution in [0.1, 0.15) is 19.8 Å². The number of aliphatic carboxylic acids is 1. The Labute approximate surface area is 183 Å². The number of benzene rings is 1. The largest absolute Gasteiger partial charge is 0.493 e. The normalized spacial score (nSPS) is 27.2. The minimum Gasteiger partial charge on any atom is -0.493 e. The fraction of sp³-hybridized carbons (Fsp3) is 0.600. The highest BCUT2D eigenvalue weighted by Crippen LogP contribution is 2.33. The summed E-state index contributed by atoms with van der Waals surface area (Å²) < 4.78 is 26.3. The molecule has 0 saturated carbocycles. The van der Waals surface area contributed by atoms with Gasteiger partial charge in [0, 0.05) is 6.07 Å². The number of carbonyl (C=O) groups is 2. The monoisotopic (exact) mass is 460 g/mol. The number of rotatable bonds is 10. The maximum atomic E-state index is 12.0. The van der Waals surface area contributed by atoms with Gasteiger partial charge in [0.1, 0.15) is 36.8 Å². The van der Waals surface area contributed by atoms with Crippen molar-refractivity contribution in [3.05, 3.63) is 18.2 Å². The molecule has 12 heteroatoms. The molecule has 1 aromatic carbocycles. The predicted molar refractivity (Wildman–Crippen MR) is 105 cm³/mol. The van der Waals surface area contributed by atoms with Gasteiger partial charge in [0.25, 0.3) is 0 Å². The second-order valence-electron chi connectivity index (χ2n) is 7.58. The highest BCUT2D eigenvalue weighted by molar-refractivity contribution is 5.73. The predicted octanol–water partition coefficient (Wildman–Crippen LogP) is -0.951. The molecule has 6 unspecified atom stereocenters. The van der Waals surface area contributed by atoms with Gasteiger partial charge in [0.2, 0.25) is 6.29 Å². The first-order valence-electron chi connectivity index (χ1n) is 9.65. The lowest BCUT2D eigenvalue weighted by atomic mass is 9.98. The lowest BCUT2D eigenvalue weighted by Gasteiger charge is -2.40. The van der Waals surface area contributed by atoms with Crippen molar-refractivity contribution in [2.45, 2.75) is 56.1 Å². The summed E-state index contributed by atoms with van der Waals surface area (Å²) in [6.45, 7) is 0.625. The first-order valence-corrected chi connectivity index (χ1v) is 9.65. The van der Waals surface area contributed by atoms with E-state index >= 15 is 0 Å². The van der Waals surface area contributed by atoms with Crippen molar-refractivity contribution in [1.82, 2.24) is 0 Å². The Morgan fingerprint density at radius 2 is 1.69 bits per heavy atom. The Morgan fingerprint density at radius 1 is 1.03 bits per heavy atom. The molecule has 0 radical (unpaired) electrons. The van der Waals surface area contributed by atoms with E-state index in [-0.39, 0.29) is 5.75 Å². The fourth-order valence-corrected chi connectivity index (χ4v) is 3.10. The topological polar surface area (TPSA) is 181 Å². The van der Waals surface area contributed by atoms with Crippen molar-refractivity contribution in [1.29, 1.82) is 0 Å². The van der Waals surface area contributed by atoms with Crippen LogP contribution < -0.4 is 14.2 Å². The third-order valence-corrected chi connectivity index (χ3v) is 4.74. The third-order valence-electron chi connectivity index (χ3n) is 4.74. The maximum Gasteiger partial charge on any atom is 0.308 e. The highest BCUT2D eigenvalue weighted by Gasteiger charge is 2.45. The van der Waals surface area contributed by atoms with Crippen LogP contribution in [0.5, 0.6) is 17.2 Å². The number of methoxy groups -OCH3 is 2. The SMILES string of the molecule is COc1ccc(OC2OC(COC(=O)CC(C)(O)CC(=O)O)C(O)C(O)C2O)cc1OC. The smallest absolute Gasteiger partial charge is 0.308 e. The maximum absolute atomic E-state index is 12.0. The number of hydrogen-bond donors (Lipinski definition) is 5. The minimum atomic E-state index is -1.83. The molecule has 6 atom stereocenters. The van der Waals surface area contributed by atoms with Gasteiger partial charge in [-0.05, 0) is 19.1 Å². The van der Waals surface area contributed by atoms with Gasteiger partial charge in [-0.3, -0.25) is 9.59 Å². The highest BCUT2D eigenvalue weighted by atomic mass is 16.7. The summed E-state index contributed by atoms with van der Waals surface area (Å²) in [5, 5.41) is 49.2. The van der Waals surface area contributed by atoms with Crippen LogP contribution in [0.2, 0.25) is 0 Å². The molecule has 12 nitrogen and oxygen atoms in total. The molecular weight excluding hydrogens is 432 g/mol. The van der Waals surface area contributed by atoms with E-state index in [2.05, 4.69) is 0 Å². The number of ether oxygens (including phenoxy) is 5. The number of esters is 1. The summed E-state index contributed by atoms with van der Waals surface area (Å²) in [5.74, 6) is -1.25. The molecule has 1 aliphatic heterocycles. The Bertz CT molecular complexity index is 795. The number of aliphatic hydroxyl groups is 4. The molecule has 0 aliphatic carbocycles. The van der Waals surface area contributed by atoms with Crippen molar-refractivity contribution >= 4 is 11.9 Å². The van der Waals surface area contributed by atoms with Crippen LogP contribution in [0.25, 0.3) is 0 Å². The molecule has 1 aliphatic rings. The molecule has 180 valence electrons. The molecule has 0 spiro atoms. The molecule has 1 saturated heterocycles. The van der Waals surface area contributed by atoms with Gasteiger partial charge in [0.15, 0.2) is 11.5 Å². The first kappa shape index (κ1) is 25.6.